The molecular formula is C22H21N7O2. The fourth-order valence-electron chi connectivity index (χ4n) is 3.32. The molecule has 4 aromatic heterocycles. The van der Waals surface area contributed by atoms with Crippen molar-refractivity contribution in [2.24, 2.45) is 0 Å². The highest BCUT2D eigenvalue weighted by atomic mass is 16.5. The van der Waals surface area contributed by atoms with Crippen molar-refractivity contribution in [1.82, 2.24) is 35.2 Å². The van der Waals surface area contributed by atoms with E-state index in [0.717, 1.165) is 22.0 Å². The Bertz CT molecular complexity index is 1400. The Morgan fingerprint density at radius 3 is 2.58 bits per heavy atom. The minimum absolute atomic E-state index is 0.0261. The van der Waals surface area contributed by atoms with Crippen molar-refractivity contribution in [3.05, 3.63) is 59.6 Å². The highest BCUT2D eigenvalue weighted by molar-refractivity contribution is 5.96. The third-order valence-electron chi connectivity index (χ3n) is 5.01. The lowest BCUT2D eigenvalue weighted by Gasteiger charge is -2.18. The summed E-state index contributed by atoms with van der Waals surface area (Å²) in [6.45, 7) is 8.47. The van der Waals surface area contributed by atoms with Gasteiger partial charge < -0.3 is 9.26 Å². The lowest BCUT2D eigenvalue weighted by Crippen LogP contribution is -2.13. The van der Waals surface area contributed by atoms with Gasteiger partial charge in [0.05, 0.1) is 6.20 Å². The highest BCUT2D eigenvalue weighted by Crippen LogP contribution is 2.29. The van der Waals surface area contributed by atoms with Crippen molar-refractivity contribution < 1.29 is 9.26 Å². The Morgan fingerprint density at radius 2 is 1.84 bits per heavy atom. The van der Waals surface area contributed by atoms with E-state index in [9.17, 15) is 0 Å². The molecule has 0 radical (unpaired) electrons. The van der Waals surface area contributed by atoms with Gasteiger partial charge in [0.2, 0.25) is 11.7 Å². The summed E-state index contributed by atoms with van der Waals surface area (Å²) in [5.41, 5.74) is 2.98. The molecular weight excluding hydrogens is 394 g/mol. The second kappa shape index (κ2) is 7.12. The normalized spacial score (nSPS) is 12.0. The zero-order valence-corrected chi connectivity index (χ0v) is 17.7. The lowest BCUT2D eigenvalue weighted by atomic mass is 9.88. The van der Waals surface area contributed by atoms with Gasteiger partial charge in [-0.15, -0.1) is 15.3 Å². The summed E-state index contributed by atoms with van der Waals surface area (Å²) in [5.74, 6) is 1.62. The molecule has 0 aliphatic carbocycles. The van der Waals surface area contributed by atoms with Gasteiger partial charge in [-0.25, -0.2) is 0 Å². The Labute approximate surface area is 178 Å². The summed E-state index contributed by atoms with van der Waals surface area (Å²) in [7, 11) is 0. The SMILES string of the molecule is Cc1cc(-c2nnc3c4ccccc4c(OCc4cc(C(C)(C)C)cnn4)nn23)no1. The van der Waals surface area contributed by atoms with E-state index < -0.39 is 0 Å². The van der Waals surface area contributed by atoms with Crippen LogP contribution in [0.1, 0.15) is 37.8 Å². The summed E-state index contributed by atoms with van der Waals surface area (Å²) in [6.07, 6.45) is 1.78. The fraction of sp³-hybridized carbons (Fsp3) is 0.273. The molecule has 0 aliphatic rings. The van der Waals surface area contributed by atoms with E-state index in [0.29, 0.717) is 28.8 Å². The first kappa shape index (κ1) is 19.1. The van der Waals surface area contributed by atoms with E-state index in [-0.39, 0.29) is 12.0 Å². The second-order valence-corrected chi connectivity index (χ2v) is 8.41. The van der Waals surface area contributed by atoms with Crippen molar-refractivity contribution in [2.45, 2.75) is 39.7 Å². The molecule has 0 aliphatic heterocycles. The van der Waals surface area contributed by atoms with Crippen LogP contribution in [0.3, 0.4) is 0 Å². The molecule has 0 N–H and O–H groups in total. The van der Waals surface area contributed by atoms with E-state index >= 15 is 0 Å². The van der Waals surface area contributed by atoms with Crippen molar-refractivity contribution >= 4 is 16.4 Å². The third-order valence-corrected chi connectivity index (χ3v) is 5.01. The van der Waals surface area contributed by atoms with Crippen molar-refractivity contribution in [3.63, 3.8) is 0 Å². The molecule has 5 rings (SSSR count). The molecule has 1 aromatic carbocycles. The zero-order chi connectivity index (χ0) is 21.6. The van der Waals surface area contributed by atoms with Crippen molar-refractivity contribution in [2.75, 3.05) is 0 Å². The van der Waals surface area contributed by atoms with Crippen LogP contribution in [-0.4, -0.2) is 35.2 Å². The van der Waals surface area contributed by atoms with Gasteiger partial charge in [-0.2, -0.15) is 14.7 Å². The number of ether oxygens (including phenoxy) is 1. The molecule has 5 aromatic rings. The number of aryl methyl sites for hydroxylation is 1. The van der Waals surface area contributed by atoms with Crippen molar-refractivity contribution in [1.29, 1.82) is 0 Å². The molecule has 0 fully saturated rings. The van der Waals surface area contributed by atoms with Crippen LogP contribution in [0.5, 0.6) is 5.88 Å². The predicted octanol–water partition coefficient (Wildman–Crippen LogP) is 3.91. The predicted molar refractivity (Wildman–Crippen MR) is 114 cm³/mol. The first-order valence-electron chi connectivity index (χ1n) is 9.93. The Balaban J connectivity index is 1.58. The van der Waals surface area contributed by atoms with E-state index in [1.807, 2.05) is 37.3 Å². The molecule has 0 saturated carbocycles. The molecule has 156 valence electrons. The minimum atomic E-state index is -0.0261. The maximum absolute atomic E-state index is 6.11. The monoisotopic (exact) mass is 415 g/mol. The molecule has 0 spiro atoms. The molecule has 0 unspecified atom stereocenters. The average Bonchev–Trinajstić information content (AvgIpc) is 3.37. The summed E-state index contributed by atoms with van der Waals surface area (Å²) in [5, 5.41) is 27.4. The first-order chi connectivity index (χ1) is 14.9. The Morgan fingerprint density at radius 1 is 1.03 bits per heavy atom. The van der Waals surface area contributed by atoms with Crippen LogP contribution < -0.4 is 4.74 Å². The van der Waals surface area contributed by atoms with Gasteiger partial charge in [0.15, 0.2) is 11.3 Å². The van der Waals surface area contributed by atoms with Gasteiger partial charge in [0.25, 0.3) is 0 Å². The zero-order valence-electron chi connectivity index (χ0n) is 17.7. The second-order valence-electron chi connectivity index (χ2n) is 8.41. The number of benzene rings is 1. The lowest BCUT2D eigenvalue weighted by molar-refractivity contribution is 0.287. The van der Waals surface area contributed by atoms with Gasteiger partial charge >= 0.3 is 0 Å². The van der Waals surface area contributed by atoms with Crippen LogP contribution in [0.4, 0.5) is 0 Å². The van der Waals surface area contributed by atoms with Crippen LogP contribution in [0.2, 0.25) is 0 Å². The van der Waals surface area contributed by atoms with E-state index in [2.05, 4.69) is 51.4 Å². The van der Waals surface area contributed by atoms with Gasteiger partial charge in [-0.05, 0) is 30.0 Å². The van der Waals surface area contributed by atoms with Gasteiger partial charge in [-0.1, -0.05) is 44.1 Å². The summed E-state index contributed by atoms with van der Waals surface area (Å²) < 4.78 is 12.9. The third kappa shape index (κ3) is 3.48. The number of hydrogen-bond donors (Lipinski definition) is 0. The average molecular weight is 415 g/mol. The summed E-state index contributed by atoms with van der Waals surface area (Å²) >= 11 is 0. The molecule has 0 atom stereocenters. The highest BCUT2D eigenvalue weighted by Gasteiger charge is 2.19. The molecule has 31 heavy (non-hydrogen) atoms. The largest absolute Gasteiger partial charge is 0.470 e. The van der Waals surface area contributed by atoms with Gasteiger partial charge in [0, 0.05) is 16.8 Å². The first-order valence-corrected chi connectivity index (χ1v) is 9.93. The van der Waals surface area contributed by atoms with Crippen LogP contribution in [-0.2, 0) is 12.0 Å². The molecule has 4 heterocycles. The summed E-state index contributed by atoms with van der Waals surface area (Å²) in [6, 6.07) is 11.6. The van der Waals surface area contributed by atoms with Crippen LogP contribution >= 0.6 is 0 Å². The van der Waals surface area contributed by atoms with E-state index in [1.165, 1.54) is 0 Å². The maximum atomic E-state index is 6.11. The van der Waals surface area contributed by atoms with Crippen LogP contribution in [0.25, 0.3) is 27.9 Å². The smallest absolute Gasteiger partial charge is 0.240 e. The topological polar surface area (TPSA) is 104 Å². The Kier molecular flexibility index (Phi) is 4.39. The van der Waals surface area contributed by atoms with Gasteiger partial charge in [-0.3, -0.25) is 0 Å². The summed E-state index contributed by atoms with van der Waals surface area (Å²) in [4.78, 5) is 0. The molecule has 0 bridgehead atoms. The maximum Gasteiger partial charge on any atom is 0.240 e. The standard InChI is InChI=1S/C22H21N7O2/c1-13-9-18(28-31-13)20-26-25-19-16-7-5-6-8-17(16)21(27-29(19)20)30-12-15-10-14(11-23-24-15)22(2,3)4/h5-11H,12H2,1-4H3. The molecule has 9 heteroatoms. The van der Waals surface area contributed by atoms with E-state index in [1.54, 1.807) is 16.8 Å². The van der Waals surface area contributed by atoms with Crippen molar-refractivity contribution in [3.8, 4) is 17.4 Å². The molecule has 0 amide bonds. The van der Waals surface area contributed by atoms with Crippen LogP contribution in [0.15, 0.2) is 47.1 Å². The number of fused-ring (bicyclic) bond motifs is 3. The molecule has 0 saturated heterocycles. The Hall–Kier alpha value is -3.88. The van der Waals surface area contributed by atoms with Crippen LogP contribution in [0, 0.1) is 6.92 Å². The number of rotatable bonds is 4. The number of nitrogens with zero attached hydrogens (tertiary/aromatic N) is 7. The quantitative estimate of drug-likeness (QED) is 0.435. The van der Waals surface area contributed by atoms with Gasteiger partial charge in [0.1, 0.15) is 18.1 Å². The number of hydrogen-bond acceptors (Lipinski definition) is 8. The fourth-order valence-corrected chi connectivity index (χ4v) is 3.32. The minimum Gasteiger partial charge on any atom is -0.470 e. The van der Waals surface area contributed by atoms with E-state index in [4.69, 9.17) is 9.26 Å². The molecule has 9 nitrogen and oxygen atoms in total. The number of aromatic nitrogens is 7.